The molecule has 0 fully saturated rings. The van der Waals surface area contributed by atoms with Crippen LogP contribution in [0.5, 0.6) is 0 Å². The van der Waals surface area contributed by atoms with Gasteiger partial charge in [0.1, 0.15) is 5.82 Å². The lowest BCUT2D eigenvalue weighted by Gasteiger charge is -2.26. The van der Waals surface area contributed by atoms with E-state index in [1.165, 1.54) is 50.1 Å². The molecule has 0 aliphatic carbocycles. The summed E-state index contributed by atoms with van der Waals surface area (Å²) in [6.07, 6.45) is 2.08. The van der Waals surface area contributed by atoms with E-state index in [1.807, 2.05) is 0 Å². The van der Waals surface area contributed by atoms with Crippen molar-refractivity contribution in [1.29, 1.82) is 0 Å². The van der Waals surface area contributed by atoms with Crippen molar-refractivity contribution in [2.45, 2.75) is 52.9 Å². The summed E-state index contributed by atoms with van der Waals surface area (Å²) in [6, 6.07) is 52.2. The predicted octanol–water partition coefficient (Wildman–Crippen LogP) is 12.3. The lowest BCUT2D eigenvalue weighted by atomic mass is 9.86. The third-order valence-electron chi connectivity index (χ3n) is 9.57. The summed E-state index contributed by atoms with van der Waals surface area (Å²) in [7, 11) is 0. The topological polar surface area (TPSA) is 30.7 Å². The minimum Gasteiger partial charge on any atom is -0.278 e. The lowest BCUT2D eigenvalue weighted by molar-refractivity contribution is 0.437. The van der Waals surface area contributed by atoms with Crippen molar-refractivity contribution in [2.75, 3.05) is 0 Å². The van der Waals surface area contributed by atoms with E-state index in [1.54, 1.807) is 0 Å². The fourth-order valence-corrected chi connectivity index (χ4v) is 7.19. The fourth-order valence-electron chi connectivity index (χ4n) is 7.19. The number of hydrogen-bond donors (Lipinski definition) is 0. The highest BCUT2D eigenvalue weighted by atomic mass is 15.3. The first-order valence-electron chi connectivity index (χ1n) is 17.3. The Morgan fingerprint density at radius 3 is 1.37 bits per heavy atom. The van der Waals surface area contributed by atoms with Crippen LogP contribution in [0.1, 0.15) is 50.6 Å². The Kier molecular flexibility index (Phi) is 8.84. The first kappa shape index (κ1) is 32.0. The molecule has 0 amide bonds. The van der Waals surface area contributed by atoms with E-state index in [2.05, 4.69) is 185 Å². The Morgan fingerprint density at radius 2 is 0.878 bits per heavy atom. The van der Waals surface area contributed by atoms with Crippen molar-refractivity contribution in [3.8, 4) is 61.6 Å². The smallest absolute Gasteiger partial charge is 0.168 e. The number of aryl methyl sites for hydroxylation is 2. The molecular formula is C46H43N3. The van der Waals surface area contributed by atoms with Gasteiger partial charge in [0.25, 0.3) is 0 Å². The van der Waals surface area contributed by atoms with Gasteiger partial charge in [-0.1, -0.05) is 136 Å². The van der Waals surface area contributed by atoms with Crippen molar-refractivity contribution < 1.29 is 0 Å². The number of benzene rings is 6. The van der Waals surface area contributed by atoms with Crippen molar-refractivity contribution in [3.63, 3.8) is 0 Å². The normalized spacial score (nSPS) is 11.5. The summed E-state index contributed by atoms with van der Waals surface area (Å²) in [6.45, 7) is 11.3. The van der Waals surface area contributed by atoms with E-state index in [-0.39, 0.29) is 5.41 Å². The molecule has 7 rings (SSSR count). The molecule has 1 heterocycles. The van der Waals surface area contributed by atoms with Crippen LogP contribution in [-0.2, 0) is 5.41 Å². The molecule has 0 saturated heterocycles. The van der Waals surface area contributed by atoms with Gasteiger partial charge in [0.15, 0.2) is 5.82 Å². The molecule has 242 valence electrons. The molecule has 0 spiro atoms. The van der Waals surface area contributed by atoms with E-state index in [4.69, 9.17) is 10.2 Å². The van der Waals surface area contributed by atoms with Gasteiger partial charge in [0.2, 0.25) is 0 Å². The maximum Gasteiger partial charge on any atom is 0.168 e. The van der Waals surface area contributed by atoms with Crippen LogP contribution >= 0.6 is 0 Å². The van der Waals surface area contributed by atoms with Gasteiger partial charge in [-0.25, -0.2) is 0 Å². The molecule has 0 radical (unpaired) electrons. The van der Waals surface area contributed by atoms with Crippen LogP contribution in [0.3, 0.4) is 0 Å². The monoisotopic (exact) mass is 637 g/mol. The van der Waals surface area contributed by atoms with Crippen LogP contribution in [0.25, 0.3) is 61.6 Å². The van der Waals surface area contributed by atoms with Gasteiger partial charge >= 0.3 is 0 Å². The molecule has 0 atom stereocenters. The van der Waals surface area contributed by atoms with Gasteiger partial charge in [-0.3, -0.25) is 4.57 Å². The van der Waals surface area contributed by atoms with Gasteiger partial charge in [0, 0.05) is 11.0 Å². The summed E-state index contributed by atoms with van der Waals surface area (Å²) in [5.41, 5.74) is 14.0. The Hall–Kier alpha value is -5.54. The van der Waals surface area contributed by atoms with Crippen LogP contribution in [0.15, 0.2) is 146 Å². The van der Waals surface area contributed by atoms with Crippen molar-refractivity contribution in [2.24, 2.45) is 0 Å². The predicted molar refractivity (Wildman–Crippen MR) is 206 cm³/mol. The number of hydrogen-bond acceptors (Lipinski definition) is 2. The highest BCUT2D eigenvalue weighted by Gasteiger charge is 2.30. The maximum atomic E-state index is 4.95. The zero-order chi connectivity index (χ0) is 34.0. The van der Waals surface area contributed by atoms with Crippen molar-refractivity contribution in [3.05, 3.63) is 163 Å². The third-order valence-corrected chi connectivity index (χ3v) is 9.57. The minimum atomic E-state index is -0.164. The zero-order valence-electron chi connectivity index (χ0n) is 29.1. The van der Waals surface area contributed by atoms with Crippen LogP contribution in [0.2, 0.25) is 0 Å². The summed E-state index contributed by atoms with van der Waals surface area (Å²) in [5.74, 6) is 1.85. The van der Waals surface area contributed by atoms with Gasteiger partial charge in [-0.05, 0) is 112 Å². The minimum absolute atomic E-state index is 0.164. The van der Waals surface area contributed by atoms with Crippen LogP contribution in [0, 0.1) is 13.8 Å². The highest BCUT2D eigenvalue weighted by Crippen LogP contribution is 2.38. The average molecular weight is 638 g/mol. The van der Waals surface area contributed by atoms with Crippen molar-refractivity contribution in [1.82, 2.24) is 14.8 Å². The first-order valence-corrected chi connectivity index (χ1v) is 17.3. The Bertz CT molecular complexity index is 2130. The quantitative estimate of drug-likeness (QED) is 0.158. The second-order valence-electron chi connectivity index (χ2n) is 13.8. The third kappa shape index (κ3) is 6.49. The zero-order valence-corrected chi connectivity index (χ0v) is 29.1. The first-order chi connectivity index (χ1) is 23.8. The molecule has 49 heavy (non-hydrogen) atoms. The van der Waals surface area contributed by atoms with Gasteiger partial charge < -0.3 is 0 Å². The molecule has 7 aromatic rings. The molecule has 0 N–H and O–H groups in total. The molecule has 0 saturated carbocycles. The van der Waals surface area contributed by atoms with E-state index >= 15 is 0 Å². The summed E-state index contributed by atoms with van der Waals surface area (Å²) in [4.78, 5) is 0. The Morgan fingerprint density at radius 1 is 0.469 bits per heavy atom. The van der Waals surface area contributed by atoms with E-state index < -0.39 is 0 Å². The Labute approximate surface area is 291 Å². The van der Waals surface area contributed by atoms with Crippen molar-refractivity contribution >= 4 is 0 Å². The largest absolute Gasteiger partial charge is 0.278 e. The van der Waals surface area contributed by atoms with E-state index in [0.29, 0.717) is 0 Å². The number of aromatic nitrogens is 3. The molecule has 0 aliphatic rings. The van der Waals surface area contributed by atoms with E-state index in [0.717, 1.165) is 41.3 Å². The SMILES string of the molecule is CCCC(C)(C)c1nnc(-c2cccc(-c3cc(-c4ccccc4)cc(-c4ccccc4)c3)c2)n1-c1c(C)cc(-c2ccccc2)cc1C. The van der Waals surface area contributed by atoms with Crippen LogP contribution < -0.4 is 0 Å². The highest BCUT2D eigenvalue weighted by molar-refractivity contribution is 5.82. The lowest BCUT2D eigenvalue weighted by Crippen LogP contribution is -2.23. The average Bonchev–Trinajstić information content (AvgIpc) is 3.58. The second kappa shape index (κ2) is 13.5. The fraction of sp³-hybridized carbons (Fsp3) is 0.174. The summed E-state index contributed by atoms with van der Waals surface area (Å²) in [5, 5.41) is 9.90. The molecule has 0 bridgehead atoms. The molecule has 6 aromatic carbocycles. The van der Waals surface area contributed by atoms with Gasteiger partial charge in [0.05, 0.1) is 5.69 Å². The van der Waals surface area contributed by atoms with Gasteiger partial charge in [-0.2, -0.15) is 0 Å². The molecule has 1 aromatic heterocycles. The summed E-state index contributed by atoms with van der Waals surface area (Å²) >= 11 is 0. The van der Waals surface area contributed by atoms with Crippen LogP contribution in [-0.4, -0.2) is 14.8 Å². The van der Waals surface area contributed by atoms with Gasteiger partial charge in [-0.15, -0.1) is 10.2 Å². The molecule has 3 nitrogen and oxygen atoms in total. The molecule has 0 unspecified atom stereocenters. The molecule has 3 heteroatoms. The maximum absolute atomic E-state index is 4.95. The van der Waals surface area contributed by atoms with Crippen LogP contribution in [0.4, 0.5) is 0 Å². The number of nitrogens with zero attached hydrogens (tertiary/aromatic N) is 3. The Balaban J connectivity index is 1.40. The van der Waals surface area contributed by atoms with E-state index in [9.17, 15) is 0 Å². The standard InChI is InChI=1S/C46H43N3/c1-6-25-46(4,5)45-48-47-44(49(45)43-32(2)26-39(27-33(43)3)34-17-10-7-11-18-34)38-24-16-23-37(28-38)42-30-40(35-19-12-8-13-20-35)29-41(31-42)36-21-14-9-15-22-36/h7-24,26-31H,6,25H2,1-5H3. The second-order valence-corrected chi connectivity index (χ2v) is 13.8. The molecular weight excluding hydrogens is 595 g/mol. The molecule has 0 aliphatic heterocycles. The summed E-state index contributed by atoms with van der Waals surface area (Å²) < 4.78 is 2.34. The number of rotatable bonds is 9.